The standard InChI is InChI=1S/C19H19NO2/c21-18-7-3-4-14(10-18)12-20-13-19(22)17-9-8-15-5-1-2-6-16(15)11-17/h1-11,19-22H,12-13H2. The van der Waals surface area contributed by atoms with Gasteiger partial charge in [-0.1, -0.05) is 48.5 Å². The molecular weight excluding hydrogens is 274 g/mol. The maximum atomic E-state index is 10.3. The predicted octanol–water partition coefficient (Wildman–Crippen LogP) is 3.37. The van der Waals surface area contributed by atoms with E-state index in [0.717, 1.165) is 16.5 Å². The first-order chi connectivity index (χ1) is 10.7. The van der Waals surface area contributed by atoms with Crippen molar-refractivity contribution in [1.29, 1.82) is 0 Å². The van der Waals surface area contributed by atoms with Crippen LogP contribution in [0, 0.1) is 0 Å². The Labute approximate surface area is 129 Å². The van der Waals surface area contributed by atoms with Crippen LogP contribution in [0.1, 0.15) is 17.2 Å². The summed E-state index contributed by atoms with van der Waals surface area (Å²) >= 11 is 0. The van der Waals surface area contributed by atoms with E-state index in [1.54, 1.807) is 12.1 Å². The second-order valence-electron chi connectivity index (χ2n) is 5.42. The molecule has 0 radical (unpaired) electrons. The summed E-state index contributed by atoms with van der Waals surface area (Å²) in [6.07, 6.45) is -0.554. The third-order valence-electron chi connectivity index (χ3n) is 3.74. The number of benzene rings is 3. The Morgan fingerprint density at radius 2 is 1.68 bits per heavy atom. The molecule has 3 rings (SSSR count). The Morgan fingerprint density at radius 3 is 2.50 bits per heavy atom. The third kappa shape index (κ3) is 3.45. The minimum absolute atomic E-state index is 0.259. The zero-order valence-electron chi connectivity index (χ0n) is 12.2. The van der Waals surface area contributed by atoms with Crippen LogP contribution >= 0.6 is 0 Å². The van der Waals surface area contributed by atoms with E-state index in [1.807, 2.05) is 48.5 Å². The Balaban J connectivity index is 1.62. The van der Waals surface area contributed by atoms with Crippen LogP contribution < -0.4 is 5.32 Å². The number of phenols is 1. The topological polar surface area (TPSA) is 52.5 Å². The summed E-state index contributed by atoms with van der Waals surface area (Å²) < 4.78 is 0. The van der Waals surface area contributed by atoms with Crippen LogP contribution in [-0.2, 0) is 6.54 Å². The van der Waals surface area contributed by atoms with Crippen LogP contribution in [0.4, 0.5) is 0 Å². The summed E-state index contributed by atoms with van der Waals surface area (Å²) in [6, 6.07) is 21.2. The molecule has 0 spiro atoms. The fraction of sp³-hybridized carbons (Fsp3) is 0.158. The molecule has 0 bridgehead atoms. The van der Waals surface area contributed by atoms with Crippen molar-refractivity contribution in [1.82, 2.24) is 5.32 Å². The molecule has 0 aliphatic rings. The van der Waals surface area contributed by atoms with Crippen molar-refractivity contribution in [2.45, 2.75) is 12.6 Å². The molecule has 0 aliphatic heterocycles. The van der Waals surface area contributed by atoms with Crippen LogP contribution in [0.3, 0.4) is 0 Å². The van der Waals surface area contributed by atoms with Crippen molar-refractivity contribution in [3.63, 3.8) is 0 Å². The highest BCUT2D eigenvalue weighted by Crippen LogP contribution is 2.20. The monoisotopic (exact) mass is 293 g/mol. The molecule has 112 valence electrons. The van der Waals surface area contributed by atoms with E-state index in [4.69, 9.17) is 0 Å². The van der Waals surface area contributed by atoms with Gasteiger partial charge in [-0.2, -0.15) is 0 Å². The average Bonchev–Trinajstić information content (AvgIpc) is 2.54. The van der Waals surface area contributed by atoms with Gasteiger partial charge in [0.1, 0.15) is 5.75 Å². The molecule has 0 heterocycles. The van der Waals surface area contributed by atoms with Crippen LogP contribution in [0.5, 0.6) is 5.75 Å². The van der Waals surface area contributed by atoms with Gasteiger partial charge in [-0.05, 0) is 40.1 Å². The number of hydrogen-bond donors (Lipinski definition) is 3. The van der Waals surface area contributed by atoms with E-state index in [9.17, 15) is 10.2 Å². The zero-order valence-corrected chi connectivity index (χ0v) is 12.2. The Morgan fingerprint density at radius 1 is 0.864 bits per heavy atom. The van der Waals surface area contributed by atoms with Gasteiger partial charge in [0.15, 0.2) is 0 Å². The number of nitrogens with one attached hydrogen (secondary N) is 1. The summed E-state index contributed by atoms with van der Waals surface area (Å²) in [7, 11) is 0. The number of aliphatic hydroxyl groups is 1. The number of aliphatic hydroxyl groups excluding tert-OH is 1. The van der Waals surface area contributed by atoms with Crippen LogP contribution in [0.25, 0.3) is 10.8 Å². The van der Waals surface area contributed by atoms with E-state index >= 15 is 0 Å². The molecule has 3 aromatic carbocycles. The fourth-order valence-electron chi connectivity index (χ4n) is 2.55. The van der Waals surface area contributed by atoms with Crippen LogP contribution in [0.15, 0.2) is 66.7 Å². The molecule has 3 nitrogen and oxygen atoms in total. The molecule has 0 fully saturated rings. The summed E-state index contributed by atoms with van der Waals surface area (Å²) in [5, 5.41) is 25.2. The van der Waals surface area contributed by atoms with E-state index in [-0.39, 0.29) is 5.75 Å². The lowest BCUT2D eigenvalue weighted by Gasteiger charge is -2.13. The smallest absolute Gasteiger partial charge is 0.115 e. The minimum atomic E-state index is -0.554. The molecule has 1 unspecified atom stereocenters. The molecular formula is C19H19NO2. The highest BCUT2D eigenvalue weighted by Gasteiger charge is 2.07. The minimum Gasteiger partial charge on any atom is -0.508 e. The molecule has 0 saturated heterocycles. The number of aromatic hydroxyl groups is 1. The van der Waals surface area contributed by atoms with Gasteiger partial charge in [-0.25, -0.2) is 0 Å². The lowest BCUT2D eigenvalue weighted by molar-refractivity contribution is 0.174. The second-order valence-corrected chi connectivity index (χ2v) is 5.42. The van der Waals surface area contributed by atoms with Gasteiger partial charge in [0.05, 0.1) is 6.10 Å². The summed E-state index contributed by atoms with van der Waals surface area (Å²) in [6.45, 7) is 1.08. The van der Waals surface area contributed by atoms with Gasteiger partial charge in [-0.15, -0.1) is 0 Å². The van der Waals surface area contributed by atoms with E-state index in [1.165, 1.54) is 5.39 Å². The molecule has 0 amide bonds. The first-order valence-corrected chi connectivity index (χ1v) is 7.38. The van der Waals surface area contributed by atoms with Gasteiger partial charge in [-0.3, -0.25) is 0 Å². The number of fused-ring (bicyclic) bond motifs is 1. The molecule has 0 aromatic heterocycles. The molecule has 1 atom stereocenters. The molecule has 3 heteroatoms. The van der Waals surface area contributed by atoms with Crippen molar-refractivity contribution in [3.05, 3.63) is 77.9 Å². The lowest BCUT2D eigenvalue weighted by atomic mass is 10.0. The number of hydrogen-bond acceptors (Lipinski definition) is 3. The molecule has 22 heavy (non-hydrogen) atoms. The Bertz CT molecular complexity index is 770. The van der Waals surface area contributed by atoms with Crippen LogP contribution in [0.2, 0.25) is 0 Å². The normalized spacial score (nSPS) is 12.4. The highest BCUT2D eigenvalue weighted by atomic mass is 16.3. The summed E-state index contributed by atoms with van der Waals surface area (Å²) in [4.78, 5) is 0. The molecule has 3 aromatic rings. The zero-order chi connectivity index (χ0) is 15.4. The molecule has 3 N–H and O–H groups in total. The Hall–Kier alpha value is -2.36. The van der Waals surface area contributed by atoms with Gasteiger partial charge in [0.25, 0.3) is 0 Å². The lowest BCUT2D eigenvalue weighted by Crippen LogP contribution is -2.21. The SMILES string of the molecule is Oc1cccc(CNCC(O)c2ccc3ccccc3c2)c1. The Kier molecular flexibility index (Phi) is 4.37. The van der Waals surface area contributed by atoms with E-state index < -0.39 is 6.10 Å². The molecule has 0 aliphatic carbocycles. The van der Waals surface area contributed by atoms with E-state index in [2.05, 4.69) is 11.4 Å². The number of phenolic OH excluding ortho intramolecular Hbond substituents is 1. The first-order valence-electron chi connectivity index (χ1n) is 7.38. The van der Waals surface area contributed by atoms with Crippen molar-refractivity contribution in [2.24, 2.45) is 0 Å². The quantitative estimate of drug-likeness (QED) is 0.676. The third-order valence-corrected chi connectivity index (χ3v) is 3.74. The summed E-state index contributed by atoms with van der Waals surface area (Å²) in [5.41, 5.74) is 1.90. The molecule has 0 saturated carbocycles. The summed E-state index contributed by atoms with van der Waals surface area (Å²) in [5.74, 6) is 0.259. The predicted molar refractivity (Wildman–Crippen MR) is 88.7 cm³/mol. The highest BCUT2D eigenvalue weighted by molar-refractivity contribution is 5.83. The van der Waals surface area contributed by atoms with Gasteiger partial charge in [0.2, 0.25) is 0 Å². The van der Waals surface area contributed by atoms with Crippen molar-refractivity contribution < 1.29 is 10.2 Å². The van der Waals surface area contributed by atoms with Gasteiger partial charge >= 0.3 is 0 Å². The van der Waals surface area contributed by atoms with Gasteiger partial charge in [0, 0.05) is 13.1 Å². The van der Waals surface area contributed by atoms with E-state index in [0.29, 0.717) is 13.1 Å². The first kappa shape index (κ1) is 14.6. The maximum Gasteiger partial charge on any atom is 0.115 e. The number of rotatable bonds is 5. The van der Waals surface area contributed by atoms with Crippen LogP contribution in [-0.4, -0.2) is 16.8 Å². The van der Waals surface area contributed by atoms with Crippen molar-refractivity contribution in [2.75, 3.05) is 6.54 Å². The van der Waals surface area contributed by atoms with Gasteiger partial charge < -0.3 is 15.5 Å². The largest absolute Gasteiger partial charge is 0.508 e. The maximum absolute atomic E-state index is 10.3. The van der Waals surface area contributed by atoms with Crippen molar-refractivity contribution >= 4 is 10.8 Å². The second kappa shape index (κ2) is 6.60. The van der Waals surface area contributed by atoms with Crippen molar-refractivity contribution in [3.8, 4) is 5.75 Å². The average molecular weight is 293 g/mol. The fourth-order valence-corrected chi connectivity index (χ4v) is 2.55.